The lowest BCUT2D eigenvalue weighted by Gasteiger charge is -2.24. The molecule has 0 fully saturated rings. The number of ether oxygens (including phenoxy) is 1. The van der Waals surface area contributed by atoms with Gasteiger partial charge in [-0.3, -0.25) is 0 Å². The first kappa shape index (κ1) is 18.9. The predicted molar refractivity (Wildman–Crippen MR) is 112 cm³/mol. The van der Waals surface area contributed by atoms with E-state index in [1.807, 2.05) is 55.6 Å². The Morgan fingerprint density at radius 2 is 1.70 bits per heavy atom. The van der Waals surface area contributed by atoms with E-state index in [0.29, 0.717) is 5.95 Å². The number of nitrogens with one attached hydrogen (secondary N) is 1. The lowest BCUT2D eigenvalue weighted by Crippen LogP contribution is -2.25. The highest BCUT2D eigenvalue weighted by Crippen LogP contribution is 2.29. The zero-order valence-corrected chi connectivity index (χ0v) is 16.4. The second-order valence-corrected chi connectivity index (χ2v) is 6.65. The molecule has 142 valence electrons. The zero-order chi connectivity index (χ0) is 19.2. The van der Waals surface area contributed by atoms with Gasteiger partial charge in [0.25, 0.3) is 0 Å². The van der Waals surface area contributed by atoms with Crippen molar-refractivity contribution >= 4 is 28.4 Å². The number of benzene rings is 2. The summed E-state index contributed by atoms with van der Waals surface area (Å²) in [6.07, 6.45) is 1.00. The molecule has 0 atom stereocenters. The Morgan fingerprint density at radius 3 is 2.37 bits per heavy atom. The number of methoxy groups -OCH3 is 1. The van der Waals surface area contributed by atoms with Crippen LogP contribution < -0.4 is 15.0 Å². The van der Waals surface area contributed by atoms with Crippen molar-refractivity contribution in [1.29, 1.82) is 0 Å². The van der Waals surface area contributed by atoms with Crippen LogP contribution >= 0.6 is 0 Å². The van der Waals surface area contributed by atoms with Crippen LogP contribution in [0.5, 0.6) is 5.75 Å². The van der Waals surface area contributed by atoms with Crippen molar-refractivity contribution in [3.8, 4) is 5.75 Å². The summed E-state index contributed by atoms with van der Waals surface area (Å²) in [6, 6.07) is 16.1. The monoisotopic (exact) mass is 365 g/mol. The molecule has 2 aromatic carbocycles. The van der Waals surface area contributed by atoms with Crippen LogP contribution in [0.2, 0.25) is 0 Å². The number of fused-ring (bicyclic) bond motifs is 1. The molecule has 0 amide bonds. The Hall–Kier alpha value is -2.86. The maximum Gasteiger partial charge on any atom is 0.232 e. The summed E-state index contributed by atoms with van der Waals surface area (Å²) in [5, 5.41) is 4.22. The lowest BCUT2D eigenvalue weighted by atomic mass is 10.2. The Kier molecular flexibility index (Phi) is 6.08. The average Bonchev–Trinajstić information content (AvgIpc) is 2.70. The van der Waals surface area contributed by atoms with E-state index in [9.17, 15) is 0 Å². The van der Waals surface area contributed by atoms with Crippen LogP contribution in [0.4, 0.5) is 17.5 Å². The summed E-state index contributed by atoms with van der Waals surface area (Å²) in [4.78, 5) is 14.0. The molecule has 1 aromatic heterocycles. The van der Waals surface area contributed by atoms with E-state index in [1.54, 1.807) is 7.11 Å². The fraction of sp³-hybridized carbons (Fsp3) is 0.333. The third kappa shape index (κ3) is 4.46. The van der Waals surface area contributed by atoms with E-state index in [2.05, 4.69) is 29.2 Å². The molecule has 3 rings (SSSR count). The molecule has 0 saturated carbocycles. The molecule has 0 aliphatic rings. The van der Waals surface area contributed by atoms with Gasteiger partial charge in [-0.05, 0) is 63.5 Å². The van der Waals surface area contributed by atoms with E-state index in [4.69, 9.17) is 14.7 Å². The first-order valence-electron chi connectivity index (χ1n) is 9.13. The molecule has 1 N–H and O–H groups in total. The van der Waals surface area contributed by atoms with Crippen LogP contribution in [0, 0.1) is 0 Å². The number of nitrogens with zero attached hydrogens (tertiary/aromatic N) is 4. The minimum atomic E-state index is 0.696. The summed E-state index contributed by atoms with van der Waals surface area (Å²) in [5.74, 6) is 2.37. The predicted octanol–water partition coefficient (Wildman–Crippen LogP) is 3.77. The molecule has 0 unspecified atom stereocenters. The minimum Gasteiger partial charge on any atom is -0.497 e. The smallest absolute Gasteiger partial charge is 0.232 e. The molecule has 0 bridgehead atoms. The van der Waals surface area contributed by atoms with Gasteiger partial charge in [-0.2, -0.15) is 4.98 Å². The molecule has 0 aliphatic carbocycles. The van der Waals surface area contributed by atoms with Crippen LogP contribution in [-0.4, -0.2) is 56.2 Å². The van der Waals surface area contributed by atoms with Gasteiger partial charge < -0.3 is 19.9 Å². The molecule has 1 heterocycles. The van der Waals surface area contributed by atoms with Crippen molar-refractivity contribution in [1.82, 2.24) is 14.9 Å². The Balaban J connectivity index is 2.01. The highest BCUT2D eigenvalue weighted by atomic mass is 16.5. The molecule has 6 nitrogen and oxygen atoms in total. The highest BCUT2D eigenvalue weighted by molar-refractivity contribution is 5.90. The third-order valence-corrected chi connectivity index (χ3v) is 4.44. The van der Waals surface area contributed by atoms with E-state index >= 15 is 0 Å². The fourth-order valence-corrected chi connectivity index (χ4v) is 3.03. The topological polar surface area (TPSA) is 53.5 Å². The molecular formula is C21H27N5O. The van der Waals surface area contributed by atoms with Gasteiger partial charge in [0.1, 0.15) is 11.6 Å². The van der Waals surface area contributed by atoms with Crippen LogP contribution in [0.25, 0.3) is 10.9 Å². The van der Waals surface area contributed by atoms with E-state index in [1.165, 1.54) is 0 Å². The highest BCUT2D eigenvalue weighted by Gasteiger charge is 2.15. The molecule has 0 spiro atoms. The van der Waals surface area contributed by atoms with Crippen LogP contribution in [0.1, 0.15) is 6.42 Å². The number of rotatable bonds is 8. The summed E-state index contributed by atoms with van der Waals surface area (Å²) in [5.41, 5.74) is 1.98. The van der Waals surface area contributed by atoms with Crippen LogP contribution in [0.3, 0.4) is 0 Å². The third-order valence-electron chi connectivity index (χ3n) is 4.44. The van der Waals surface area contributed by atoms with Gasteiger partial charge >= 0.3 is 0 Å². The number of anilines is 3. The van der Waals surface area contributed by atoms with Gasteiger partial charge in [0, 0.05) is 24.7 Å². The van der Waals surface area contributed by atoms with Gasteiger partial charge in [0.15, 0.2) is 0 Å². The molecule has 3 aromatic rings. The Labute approximate surface area is 160 Å². The van der Waals surface area contributed by atoms with Gasteiger partial charge in [0.05, 0.1) is 12.6 Å². The quantitative estimate of drug-likeness (QED) is 0.656. The summed E-state index contributed by atoms with van der Waals surface area (Å²) in [7, 11) is 7.74. The van der Waals surface area contributed by atoms with Gasteiger partial charge in [-0.15, -0.1) is 0 Å². The van der Waals surface area contributed by atoms with Crippen molar-refractivity contribution in [2.75, 3.05) is 51.6 Å². The van der Waals surface area contributed by atoms with Gasteiger partial charge in [-0.1, -0.05) is 12.1 Å². The fourth-order valence-electron chi connectivity index (χ4n) is 3.03. The van der Waals surface area contributed by atoms with Crippen molar-refractivity contribution < 1.29 is 4.74 Å². The van der Waals surface area contributed by atoms with Crippen molar-refractivity contribution in [3.63, 3.8) is 0 Å². The summed E-state index contributed by atoms with van der Waals surface area (Å²) >= 11 is 0. The SMILES string of the molecule is CNc1nc(N(CCCN(C)C)c2ccc(OC)cc2)nc2ccccc12. The van der Waals surface area contributed by atoms with Crippen LogP contribution in [-0.2, 0) is 0 Å². The first-order chi connectivity index (χ1) is 13.1. The standard InChI is InChI=1S/C21H27N5O/c1-22-20-18-8-5-6-9-19(18)23-21(24-20)26(15-7-14-25(2)3)16-10-12-17(27-4)13-11-16/h5-6,8-13H,7,14-15H2,1-4H3,(H,22,23,24). The molecule has 0 aliphatic heterocycles. The second-order valence-electron chi connectivity index (χ2n) is 6.65. The first-order valence-corrected chi connectivity index (χ1v) is 9.13. The average molecular weight is 365 g/mol. The molecule has 27 heavy (non-hydrogen) atoms. The number of hydrogen-bond acceptors (Lipinski definition) is 6. The largest absolute Gasteiger partial charge is 0.497 e. The van der Waals surface area contributed by atoms with Gasteiger partial charge in [-0.25, -0.2) is 4.98 Å². The van der Waals surface area contributed by atoms with Crippen molar-refractivity contribution in [2.45, 2.75) is 6.42 Å². The number of para-hydroxylation sites is 1. The Morgan fingerprint density at radius 1 is 0.963 bits per heavy atom. The van der Waals surface area contributed by atoms with E-state index < -0.39 is 0 Å². The Bertz CT molecular complexity index is 879. The van der Waals surface area contributed by atoms with Crippen LogP contribution in [0.15, 0.2) is 48.5 Å². The maximum atomic E-state index is 5.29. The summed E-state index contributed by atoms with van der Waals surface area (Å²) < 4.78 is 5.29. The van der Waals surface area contributed by atoms with Crippen molar-refractivity contribution in [3.05, 3.63) is 48.5 Å². The maximum absolute atomic E-state index is 5.29. The normalized spacial score (nSPS) is 11.0. The molecular weight excluding hydrogens is 338 g/mol. The molecule has 6 heteroatoms. The minimum absolute atomic E-state index is 0.696. The zero-order valence-electron chi connectivity index (χ0n) is 16.4. The number of hydrogen-bond donors (Lipinski definition) is 1. The van der Waals surface area contributed by atoms with Crippen molar-refractivity contribution in [2.24, 2.45) is 0 Å². The van der Waals surface area contributed by atoms with Gasteiger partial charge in [0.2, 0.25) is 5.95 Å². The lowest BCUT2D eigenvalue weighted by molar-refractivity contribution is 0.402. The number of aromatic nitrogens is 2. The molecule has 0 saturated heterocycles. The second kappa shape index (κ2) is 8.68. The molecule has 0 radical (unpaired) electrons. The summed E-state index contributed by atoms with van der Waals surface area (Å²) in [6.45, 7) is 1.82. The van der Waals surface area contributed by atoms with E-state index in [-0.39, 0.29) is 0 Å². The van der Waals surface area contributed by atoms with E-state index in [0.717, 1.165) is 47.7 Å².